The first-order valence-electron chi connectivity index (χ1n) is 6.16. The molecule has 0 unspecified atom stereocenters. The molecule has 0 bridgehead atoms. The van der Waals surface area contributed by atoms with Gasteiger partial charge < -0.3 is 4.74 Å². The number of hydrogen-bond donors (Lipinski definition) is 1. The molecule has 2 rings (SSSR count). The predicted octanol–water partition coefficient (Wildman–Crippen LogP) is 4.42. The Morgan fingerprint density at radius 2 is 2.00 bits per heavy atom. The van der Waals surface area contributed by atoms with Crippen molar-refractivity contribution in [2.24, 2.45) is 0 Å². The molecule has 0 heterocycles. The van der Waals surface area contributed by atoms with Gasteiger partial charge in [0.25, 0.3) is 15.7 Å². The second kappa shape index (κ2) is 7.42. The summed E-state index contributed by atoms with van der Waals surface area (Å²) in [5.74, 6) is 0.145. The number of nitrogens with one attached hydrogen (secondary N) is 1. The van der Waals surface area contributed by atoms with Crippen LogP contribution in [-0.2, 0) is 10.0 Å². The summed E-state index contributed by atoms with van der Waals surface area (Å²) >= 11 is 11.3. The number of rotatable bonds is 5. The van der Waals surface area contributed by atoms with Gasteiger partial charge in [-0.05, 0) is 56.7 Å². The largest absolute Gasteiger partial charge is 0.495 e. The molecule has 0 radical (unpaired) electrons. The zero-order valence-electron chi connectivity index (χ0n) is 11.9. The van der Waals surface area contributed by atoms with Crippen LogP contribution in [0.1, 0.15) is 0 Å². The maximum atomic E-state index is 12.6. The molecule has 0 atom stereocenters. The van der Waals surface area contributed by atoms with Crippen molar-refractivity contribution in [2.45, 2.75) is 4.90 Å². The minimum Gasteiger partial charge on any atom is -0.495 e. The molecule has 2 aromatic carbocycles. The van der Waals surface area contributed by atoms with E-state index in [2.05, 4.69) is 20.7 Å². The fraction of sp³-hybridized carbons (Fsp3) is 0.0769. The van der Waals surface area contributed by atoms with Gasteiger partial charge in [0.2, 0.25) is 0 Å². The molecule has 0 aliphatic carbocycles. The van der Waals surface area contributed by atoms with E-state index in [-0.39, 0.29) is 27.0 Å². The quantitative estimate of drug-likeness (QED) is 0.259. The Kier molecular flexibility index (Phi) is 5.94. The Morgan fingerprint density at radius 1 is 1.33 bits per heavy atom. The minimum absolute atomic E-state index is 0.0434. The van der Waals surface area contributed by atoms with Crippen molar-refractivity contribution in [1.82, 2.24) is 0 Å². The van der Waals surface area contributed by atoms with Crippen LogP contribution in [0.15, 0.2) is 39.7 Å². The van der Waals surface area contributed by atoms with Crippen molar-refractivity contribution >= 4 is 71.5 Å². The molecule has 128 valence electrons. The number of non-ortho nitro benzene ring substituents is 1. The number of ether oxygens (including phenoxy) is 1. The third-order valence-corrected chi connectivity index (χ3v) is 7.68. The minimum atomic E-state index is -4.07. The second-order valence-electron chi connectivity index (χ2n) is 4.42. The van der Waals surface area contributed by atoms with E-state index < -0.39 is 14.9 Å². The maximum absolute atomic E-state index is 12.6. The number of nitrogens with zero attached hydrogens (tertiary/aromatic N) is 1. The molecule has 1 N–H and O–H groups in total. The molecule has 0 aromatic heterocycles. The molecule has 0 saturated heterocycles. The summed E-state index contributed by atoms with van der Waals surface area (Å²) in [6.07, 6.45) is 0. The highest BCUT2D eigenvalue weighted by atomic mass is 127. The Labute approximate surface area is 164 Å². The number of halogens is 3. The molecule has 0 spiro atoms. The first-order chi connectivity index (χ1) is 11.2. The summed E-state index contributed by atoms with van der Waals surface area (Å²) in [5, 5.41) is 10.9. The molecule has 11 heteroatoms. The van der Waals surface area contributed by atoms with Gasteiger partial charge in [-0.1, -0.05) is 11.6 Å². The van der Waals surface area contributed by atoms with Crippen LogP contribution in [0.2, 0.25) is 5.02 Å². The van der Waals surface area contributed by atoms with Crippen molar-refractivity contribution in [3.63, 3.8) is 0 Å². The Hall–Kier alpha value is -1.11. The van der Waals surface area contributed by atoms with Gasteiger partial charge in [0, 0.05) is 20.2 Å². The lowest BCUT2D eigenvalue weighted by Gasteiger charge is -2.13. The summed E-state index contributed by atoms with van der Waals surface area (Å²) in [5.41, 5.74) is -0.328. The van der Waals surface area contributed by atoms with Gasteiger partial charge >= 0.3 is 0 Å². The zero-order chi connectivity index (χ0) is 18.1. The molecular weight excluding hydrogens is 538 g/mol. The van der Waals surface area contributed by atoms with Crippen LogP contribution < -0.4 is 9.46 Å². The summed E-state index contributed by atoms with van der Waals surface area (Å²) in [6.45, 7) is 0. The smallest absolute Gasteiger partial charge is 0.271 e. The SMILES string of the molecule is COc1ccc([N+](=O)[O-])cc1NS(=O)(=O)c1ccc(Br)c(I)c1Cl. The molecule has 0 amide bonds. The number of nitro groups is 1. The number of sulfonamides is 1. The topological polar surface area (TPSA) is 98.5 Å². The third kappa shape index (κ3) is 3.92. The van der Waals surface area contributed by atoms with E-state index in [0.717, 1.165) is 6.07 Å². The summed E-state index contributed by atoms with van der Waals surface area (Å²) in [4.78, 5) is 10.1. The van der Waals surface area contributed by atoms with Crippen molar-refractivity contribution in [3.05, 3.63) is 53.5 Å². The molecule has 0 aliphatic heterocycles. The average molecular weight is 548 g/mol. The highest BCUT2D eigenvalue weighted by Crippen LogP contribution is 2.35. The molecule has 0 aliphatic rings. The third-order valence-electron chi connectivity index (χ3n) is 2.93. The summed E-state index contributed by atoms with van der Waals surface area (Å²) < 4.78 is 33.7. The van der Waals surface area contributed by atoms with E-state index in [9.17, 15) is 18.5 Å². The molecule has 7 nitrogen and oxygen atoms in total. The van der Waals surface area contributed by atoms with Crippen LogP contribution in [0.3, 0.4) is 0 Å². The van der Waals surface area contributed by atoms with Crippen LogP contribution in [0.4, 0.5) is 11.4 Å². The van der Waals surface area contributed by atoms with Crippen LogP contribution >= 0.6 is 50.1 Å². The van der Waals surface area contributed by atoms with Gasteiger partial charge in [0.05, 0.1) is 22.7 Å². The molecule has 0 fully saturated rings. The maximum Gasteiger partial charge on any atom is 0.271 e. The van der Waals surface area contributed by atoms with Crippen molar-refractivity contribution < 1.29 is 18.1 Å². The van der Waals surface area contributed by atoms with Crippen LogP contribution in [-0.4, -0.2) is 20.5 Å². The lowest BCUT2D eigenvalue weighted by atomic mass is 10.2. The van der Waals surface area contributed by atoms with Gasteiger partial charge in [-0.15, -0.1) is 0 Å². The van der Waals surface area contributed by atoms with Gasteiger partial charge in [0.15, 0.2) is 0 Å². The first kappa shape index (κ1) is 19.2. The number of nitro benzene ring substituents is 1. The van der Waals surface area contributed by atoms with Gasteiger partial charge in [-0.25, -0.2) is 8.42 Å². The molecule has 2 aromatic rings. The Morgan fingerprint density at radius 3 is 2.58 bits per heavy atom. The van der Waals surface area contributed by atoms with Gasteiger partial charge in [0.1, 0.15) is 10.6 Å². The van der Waals surface area contributed by atoms with Crippen LogP contribution in [0.5, 0.6) is 5.75 Å². The van der Waals surface area contributed by atoms with Crippen molar-refractivity contribution in [3.8, 4) is 5.75 Å². The zero-order valence-corrected chi connectivity index (χ0v) is 17.2. The monoisotopic (exact) mass is 546 g/mol. The van der Waals surface area contributed by atoms with E-state index in [0.29, 0.717) is 8.04 Å². The molecule has 0 saturated carbocycles. The number of anilines is 1. The molecular formula is C13H9BrClIN2O5S. The van der Waals surface area contributed by atoms with E-state index in [4.69, 9.17) is 16.3 Å². The van der Waals surface area contributed by atoms with Gasteiger partial charge in [-0.2, -0.15) is 0 Å². The highest BCUT2D eigenvalue weighted by molar-refractivity contribution is 14.1. The van der Waals surface area contributed by atoms with Crippen molar-refractivity contribution in [2.75, 3.05) is 11.8 Å². The fourth-order valence-electron chi connectivity index (χ4n) is 1.80. The number of methoxy groups -OCH3 is 1. The molecule has 24 heavy (non-hydrogen) atoms. The first-order valence-corrected chi connectivity index (χ1v) is 9.89. The summed E-state index contributed by atoms with van der Waals surface area (Å²) in [7, 11) is -2.74. The summed E-state index contributed by atoms with van der Waals surface area (Å²) in [6, 6.07) is 6.48. The Bertz CT molecular complexity index is 923. The van der Waals surface area contributed by atoms with E-state index in [1.54, 1.807) is 6.07 Å². The van der Waals surface area contributed by atoms with E-state index >= 15 is 0 Å². The van der Waals surface area contributed by atoms with Crippen LogP contribution in [0.25, 0.3) is 0 Å². The standard InChI is InChI=1S/C13H9BrClIN2O5S/c1-23-10-4-2-7(18(19)20)6-9(10)17-24(21,22)11-5-3-8(14)13(16)12(11)15/h2-6,17H,1H3. The van der Waals surface area contributed by atoms with Crippen LogP contribution in [0, 0.1) is 13.7 Å². The van der Waals surface area contributed by atoms with E-state index in [1.165, 1.54) is 25.3 Å². The predicted molar refractivity (Wildman–Crippen MR) is 102 cm³/mol. The lowest BCUT2D eigenvalue weighted by Crippen LogP contribution is -2.14. The second-order valence-corrected chi connectivity index (χ2v) is 8.38. The van der Waals surface area contributed by atoms with Gasteiger partial charge in [-0.3, -0.25) is 14.8 Å². The highest BCUT2D eigenvalue weighted by Gasteiger charge is 2.23. The van der Waals surface area contributed by atoms with Crippen molar-refractivity contribution in [1.29, 1.82) is 0 Å². The van der Waals surface area contributed by atoms with E-state index in [1.807, 2.05) is 22.6 Å². The average Bonchev–Trinajstić information content (AvgIpc) is 2.51. The lowest BCUT2D eigenvalue weighted by molar-refractivity contribution is -0.384. The normalized spacial score (nSPS) is 11.2. The fourth-order valence-corrected chi connectivity index (χ4v) is 4.52. The Balaban J connectivity index is 2.52. The number of hydrogen-bond acceptors (Lipinski definition) is 5. The number of benzene rings is 2.